The average Bonchev–Trinajstić information content (AvgIpc) is 2.27. The summed E-state index contributed by atoms with van der Waals surface area (Å²) in [5, 5.41) is 0. The van der Waals surface area contributed by atoms with Gasteiger partial charge in [0.25, 0.3) is 0 Å². The molecular weight excluding hydrogens is 186 g/mol. The van der Waals surface area contributed by atoms with Crippen molar-refractivity contribution in [1.82, 2.24) is 0 Å². The van der Waals surface area contributed by atoms with Crippen LogP contribution in [0.4, 0.5) is 0 Å². The fraction of sp³-hybridized carbons (Fsp3) is 0.538. The summed E-state index contributed by atoms with van der Waals surface area (Å²) in [5.74, 6) is 0.913. The Labute approximate surface area is 92.4 Å². The zero-order chi connectivity index (χ0) is 11.1. The second kappa shape index (κ2) is 6.46. The Morgan fingerprint density at radius 2 is 1.87 bits per heavy atom. The Hall–Kier alpha value is -1.02. The first-order valence-electron chi connectivity index (χ1n) is 5.75. The van der Waals surface area contributed by atoms with Crippen LogP contribution >= 0.6 is 0 Å². The van der Waals surface area contributed by atoms with Gasteiger partial charge in [0.1, 0.15) is 11.9 Å². The van der Waals surface area contributed by atoms with Crippen molar-refractivity contribution in [3.05, 3.63) is 30.3 Å². The molecule has 1 rings (SSSR count). The highest BCUT2D eigenvalue weighted by Crippen LogP contribution is 2.15. The third-order valence-electron chi connectivity index (χ3n) is 2.53. The normalized spacial score (nSPS) is 14.6. The highest BCUT2D eigenvalue weighted by atomic mass is 16.5. The maximum Gasteiger partial charge on any atom is 0.119 e. The van der Waals surface area contributed by atoms with Crippen molar-refractivity contribution in [3.63, 3.8) is 0 Å². The van der Waals surface area contributed by atoms with Crippen molar-refractivity contribution >= 4 is 0 Å². The van der Waals surface area contributed by atoms with Crippen molar-refractivity contribution < 1.29 is 4.74 Å². The lowest BCUT2D eigenvalue weighted by Crippen LogP contribution is -2.38. The molecule has 0 aliphatic heterocycles. The molecule has 0 fully saturated rings. The van der Waals surface area contributed by atoms with Crippen LogP contribution in [0.5, 0.6) is 5.75 Å². The van der Waals surface area contributed by atoms with Gasteiger partial charge in [0.2, 0.25) is 0 Å². The lowest BCUT2D eigenvalue weighted by Gasteiger charge is -2.23. The van der Waals surface area contributed by atoms with E-state index >= 15 is 0 Å². The van der Waals surface area contributed by atoms with E-state index in [2.05, 4.69) is 13.8 Å². The minimum atomic E-state index is 0.132. The third-order valence-corrected chi connectivity index (χ3v) is 2.53. The maximum atomic E-state index is 6.06. The van der Waals surface area contributed by atoms with E-state index in [0.29, 0.717) is 0 Å². The van der Waals surface area contributed by atoms with Crippen molar-refractivity contribution in [2.24, 2.45) is 5.73 Å². The van der Waals surface area contributed by atoms with Gasteiger partial charge in [-0.1, -0.05) is 38.5 Å². The molecule has 2 nitrogen and oxygen atoms in total. The van der Waals surface area contributed by atoms with Gasteiger partial charge in [-0.25, -0.2) is 0 Å². The minimum absolute atomic E-state index is 0.132. The van der Waals surface area contributed by atoms with Crippen molar-refractivity contribution in [3.8, 4) is 5.75 Å². The standard InChI is InChI=1S/C13H21NO/c1-3-8-12(14)13(4-2)15-11-9-6-5-7-10-11/h5-7,9-10,12-13H,3-4,8,14H2,1-2H3. The van der Waals surface area contributed by atoms with Crippen LogP contribution in [0.1, 0.15) is 33.1 Å². The van der Waals surface area contributed by atoms with E-state index < -0.39 is 0 Å². The molecule has 0 amide bonds. The number of benzene rings is 1. The summed E-state index contributed by atoms with van der Waals surface area (Å²) in [6.07, 6.45) is 3.21. The Morgan fingerprint density at radius 1 is 1.20 bits per heavy atom. The molecule has 0 spiro atoms. The monoisotopic (exact) mass is 207 g/mol. The number of hydrogen-bond acceptors (Lipinski definition) is 2. The Kier molecular flexibility index (Phi) is 5.19. The van der Waals surface area contributed by atoms with Crippen LogP contribution in [0.25, 0.3) is 0 Å². The molecule has 1 aromatic rings. The van der Waals surface area contributed by atoms with Gasteiger partial charge in [0.05, 0.1) is 0 Å². The van der Waals surface area contributed by atoms with E-state index in [-0.39, 0.29) is 12.1 Å². The summed E-state index contributed by atoms with van der Waals surface area (Å²) < 4.78 is 5.85. The second-order valence-electron chi connectivity index (χ2n) is 3.83. The highest BCUT2D eigenvalue weighted by molar-refractivity contribution is 5.21. The molecule has 0 saturated carbocycles. The molecule has 2 heteroatoms. The summed E-state index contributed by atoms with van der Waals surface area (Å²) in [5.41, 5.74) is 6.06. The molecule has 0 radical (unpaired) electrons. The topological polar surface area (TPSA) is 35.2 Å². The van der Waals surface area contributed by atoms with Crippen molar-refractivity contribution in [2.75, 3.05) is 0 Å². The molecule has 0 heterocycles. The van der Waals surface area contributed by atoms with Gasteiger partial charge in [-0.15, -0.1) is 0 Å². The first kappa shape index (κ1) is 12.1. The lowest BCUT2D eigenvalue weighted by molar-refractivity contribution is 0.161. The smallest absolute Gasteiger partial charge is 0.119 e. The first-order chi connectivity index (χ1) is 7.27. The molecule has 2 unspecified atom stereocenters. The quantitative estimate of drug-likeness (QED) is 0.778. The molecule has 1 aromatic carbocycles. The summed E-state index contributed by atoms with van der Waals surface area (Å²) in [7, 11) is 0. The molecule has 0 aliphatic carbocycles. The van der Waals surface area contributed by atoms with Crippen LogP contribution in [0.15, 0.2) is 30.3 Å². The van der Waals surface area contributed by atoms with E-state index in [9.17, 15) is 0 Å². The zero-order valence-corrected chi connectivity index (χ0v) is 9.65. The molecular formula is C13H21NO. The Balaban J connectivity index is 2.53. The van der Waals surface area contributed by atoms with E-state index in [1.165, 1.54) is 0 Å². The molecule has 0 aromatic heterocycles. The van der Waals surface area contributed by atoms with Crippen LogP contribution in [0, 0.1) is 0 Å². The Bertz CT molecular complexity index is 260. The van der Waals surface area contributed by atoms with Gasteiger partial charge in [-0.05, 0) is 25.0 Å². The average molecular weight is 207 g/mol. The molecule has 2 atom stereocenters. The predicted molar refractivity (Wildman–Crippen MR) is 64.0 cm³/mol. The first-order valence-corrected chi connectivity index (χ1v) is 5.75. The van der Waals surface area contributed by atoms with Gasteiger partial charge in [-0.3, -0.25) is 0 Å². The maximum absolute atomic E-state index is 6.06. The minimum Gasteiger partial charge on any atom is -0.489 e. The molecule has 0 saturated heterocycles. The summed E-state index contributed by atoms with van der Waals surface area (Å²) in [6, 6.07) is 10.0. The molecule has 0 bridgehead atoms. The van der Waals surface area contributed by atoms with Gasteiger partial charge in [0.15, 0.2) is 0 Å². The third kappa shape index (κ3) is 3.92. The number of hydrogen-bond donors (Lipinski definition) is 1. The van der Waals surface area contributed by atoms with Crippen LogP contribution < -0.4 is 10.5 Å². The van der Waals surface area contributed by atoms with Gasteiger partial charge < -0.3 is 10.5 Å². The van der Waals surface area contributed by atoms with Crippen molar-refractivity contribution in [1.29, 1.82) is 0 Å². The summed E-state index contributed by atoms with van der Waals surface area (Å²) in [6.45, 7) is 4.26. The van der Waals surface area contributed by atoms with Gasteiger partial charge in [0, 0.05) is 6.04 Å². The molecule has 15 heavy (non-hydrogen) atoms. The van der Waals surface area contributed by atoms with E-state index in [1.807, 2.05) is 30.3 Å². The van der Waals surface area contributed by atoms with E-state index in [1.54, 1.807) is 0 Å². The molecule has 0 aliphatic rings. The molecule has 2 N–H and O–H groups in total. The molecule has 84 valence electrons. The second-order valence-corrected chi connectivity index (χ2v) is 3.83. The van der Waals surface area contributed by atoms with Crippen LogP contribution in [0.3, 0.4) is 0 Å². The lowest BCUT2D eigenvalue weighted by atomic mass is 10.0. The summed E-state index contributed by atoms with van der Waals surface area (Å²) >= 11 is 0. The summed E-state index contributed by atoms with van der Waals surface area (Å²) in [4.78, 5) is 0. The van der Waals surface area contributed by atoms with Crippen LogP contribution in [-0.4, -0.2) is 12.1 Å². The van der Waals surface area contributed by atoms with Crippen LogP contribution in [0.2, 0.25) is 0 Å². The highest BCUT2D eigenvalue weighted by Gasteiger charge is 2.16. The fourth-order valence-corrected chi connectivity index (χ4v) is 1.67. The SMILES string of the molecule is CCCC(N)C(CC)Oc1ccccc1. The number of nitrogens with two attached hydrogens (primary N) is 1. The zero-order valence-electron chi connectivity index (χ0n) is 9.65. The van der Waals surface area contributed by atoms with Crippen LogP contribution in [-0.2, 0) is 0 Å². The number of ether oxygens (including phenoxy) is 1. The van der Waals surface area contributed by atoms with E-state index in [0.717, 1.165) is 25.0 Å². The number of para-hydroxylation sites is 1. The Morgan fingerprint density at radius 3 is 2.40 bits per heavy atom. The fourth-order valence-electron chi connectivity index (χ4n) is 1.67. The predicted octanol–water partition coefficient (Wildman–Crippen LogP) is 2.97. The van der Waals surface area contributed by atoms with Gasteiger partial charge >= 0.3 is 0 Å². The van der Waals surface area contributed by atoms with Crippen molar-refractivity contribution in [2.45, 2.75) is 45.3 Å². The number of rotatable bonds is 6. The van der Waals surface area contributed by atoms with E-state index in [4.69, 9.17) is 10.5 Å². The van der Waals surface area contributed by atoms with Gasteiger partial charge in [-0.2, -0.15) is 0 Å². The largest absolute Gasteiger partial charge is 0.489 e.